The van der Waals surface area contributed by atoms with Crippen LogP contribution in [0.2, 0.25) is 0 Å². The Balaban J connectivity index is 1.87. The van der Waals surface area contributed by atoms with Crippen molar-refractivity contribution in [1.82, 2.24) is 0 Å². The molecule has 0 saturated heterocycles. The number of rotatable bonds is 8. The van der Waals surface area contributed by atoms with Gasteiger partial charge in [-0.1, -0.05) is 72.8 Å². The SMILES string of the molecule is O=C(Oc1cc(C(F)(F)F)cc(C(F)(F)F)c1)C(C(=O)Oc1cc(C(F)(F)F)cc(C(F)(F)F)c1)[C@H](/C=C/c1ccccc1)c1ccccc1. The van der Waals surface area contributed by atoms with Crippen LogP contribution < -0.4 is 9.47 Å². The first-order chi connectivity index (χ1) is 23.1. The first-order valence-corrected chi connectivity index (χ1v) is 13.9. The molecule has 16 heteroatoms. The zero-order valence-electron chi connectivity index (χ0n) is 24.7. The summed E-state index contributed by atoms with van der Waals surface area (Å²) in [5, 5.41) is 0. The highest BCUT2D eigenvalue weighted by Crippen LogP contribution is 2.41. The Bertz CT molecular complexity index is 1690. The summed E-state index contributed by atoms with van der Waals surface area (Å²) >= 11 is 0. The second-order valence-corrected chi connectivity index (χ2v) is 10.5. The molecule has 0 aromatic heterocycles. The minimum absolute atomic E-state index is 0.0370. The van der Waals surface area contributed by atoms with E-state index in [0.29, 0.717) is 5.56 Å². The van der Waals surface area contributed by atoms with Crippen LogP contribution in [0.3, 0.4) is 0 Å². The van der Waals surface area contributed by atoms with E-state index >= 15 is 0 Å². The molecule has 264 valence electrons. The standard InChI is InChI=1S/C34H20F12O4/c35-31(36,37)21-13-22(32(38,39)40)16-25(15-21)49-29(47)28(27(20-9-5-2-6-10-20)12-11-19-7-3-1-4-8-19)30(48)50-26-17-23(33(41,42)43)14-24(18-26)34(44,45)46/h1-18,27-28H/b12-11+/t27-/m1/s1. The van der Waals surface area contributed by atoms with Crippen LogP contribution in [0.4, 0.5) is 52.7 Å². The van der Waals surface area contributed by atoms with E-state index in [1.54, 1.807) is 30.3 Å². The van der Waals surface area contributed by atoms with E-state index in [0.717, 1.165) is 0 Å². The van der Waals surface area contributed by atoms with Crippen LogP contribution in [0.1, 0.15) is 39.3 Å². The van der Waals surface area contributed by atoms with Crippen LogP contribution in [-0.4, -0.2) is 11.9 Å². The maximum absolute atomic E-state index is 13.7. The predicted octanol–water partition coefficient (Wildman–Crippen LogP) is 10.4. The van der Waals surface area contributed by atoms with Gasteiger partial charge in [-0.05, 0) is 47.5 Å². The Labute approximate surface area is 274 Å². The van der Waals surface area contributed by atoms with Gasteiger partial charge in [0, 0.05) is 5.92 Å². The lowest BCUT2D eigenvalue weighted by Crippen LogP contribution is -2.36. The summed E-state index contributed by atoms with van der Waals surface area (Å²) in [5.41, 5.74) is -7.01. The number of alkyl halides is 12. The summed E-state index contributed by atoms with van der Waals surface area (Å²) in [6.07, 6.45) is -18.9. The number of carbonyl (C=O) groups is 2. The largest absolute Gasteiger partial charge is 0.426 e. The van der Waals surface area contributed by atoms with Gasteiger partial charge in [0.2, 0.25) is 0 Å². The molecule has 4 nitrogen and oxygen atoms in total. The molecule has 4 aromatic rings. The molecule has 0 N–H and O–H groups in total. The van der Waals surface area contributed by atoms with E-state index in [2.05, 4.69) is 0 Å². The van der Waals surface area contributed by atoms with E-state index in [1.807, 2.05) is 0 Å². The molecule has 50 heavy (non-hydrogen) atoms. The van der Waals surface area contributed by atoms with Gasteiger partial charge in [-0.2, -0.15) is 52.7 Å². The number of benzene rings is 4. The number of allylic oxidation sites excluding steroid dienone is 1. The normalized spacial score (nSPS) is 13.4. The lowest BCUT2D eigenvalue weighted by Gasteiger charge is -2.23. The van der Waals surface area contributed by atoms with E-state index in [4.69, 9.17) is 9.47 Å². The quantitative estimate of drug-likeness (QED) is 0.0787. The third-order valence-corrected chi connectivity index (χ3v) is 6.91. The molecular formula is C34H20F12O4. The van der Waals surface area contributed by atoms with Crippen LogP contribution in [0.5, 0.6) is 11.5 Å². The second-order valence-electron chi connectivity index (χ2n) is 10.5. The molecule has 0 aliphatic rings. The number of halogens is 12. The van der Waals surface area contributed by atoms with Crippen LogP contribution in [0.25, 0.3) is 6.08 Å². The van der Waals surface area contributed by atoms with Gasteiger partial charge in [0.1, 0.15) is 11.5 Å². The van der Waals surface area contributed by atoms with Crippen molar-refractivity contribution in [3.8, 4) is 11.5 Å². The van der Waals surface area contributed by atoms with Gasteiger partial charge in [-0.3, -0.25) is 9.59 Å². The van der Waals surface area contributed by atoms with E-state index < -0.39 is 82.2 Å². The fraction of sp³-hybridized carbons (Fsp3) is 0.176. The van der Waals surface area contributed by atoms with E-state index in [9.17, 15) is 62.3 Å². The molecule has 0 amide bonds. The highest BCUT2D eigenvalue weighted by molar-refractivity contribution is 5.98. The van der Waals surface area contributed by atoms with Crippen molar-refractivity contribution >= 4 is 18.0 Å². The molecule has 0 fully saturated rings. The topological polar surface area (TPSA) is 52.6 Å². The molecule has 0 bridgehead atoms. The summed E-state index contributed by atoms with van der Waals surface area (Å²) < 4.78 is 172. The van der Waals surface area contributed by atoms with Crippen molar-refractivity contribution in [2.75, 3.05) is 0 Å². The fourth-order valence-corrected chi connectivity index (χ4v) is 4.59. The first kappa shape index (κ1) is 37.5. The number of carbonyl (C=O) groups excluding carboxylic acids is 2. The molecule has 0 aliphatic carbocycles. The summed E-state index contributed by atoms with van der Waals surface area (Å²) in [7, 11) is 0. The maximum atomic E-state index is 13.7. The van der Waals surface area contributed by atoms with Gasteiger partial charge in [0.15, 0.2) is 5.92 Å². The van der Waals surface area contributed by atoms with Crippen molar-refractivity contribution in [2.24, 2.45) is 5.92 Å². The number of hydrogen-bond donors (Lipinski definition) is 0. The zero-order valence-corrected chi connectivity index (χ0v) is 24.7. The predicted molar refractivity (Wildman–Crippen MR) is 152 cm³/mol. The monoisotopic (exact) mass is 720 g/mol. The highest BCUT2D eigenvalue weighted by atomic mass is 19.4. The average Bonchev–Trinajstić information content (AvgIpc) is 3.01. The second kappa shape index (κ2) is 14.3. The average molecular weight is 721 g/mol. The Morgan fingerprint density at radius 3 is 1.18 bits per heavy atom. The van der Waals surface area contributed by atoms with Gasteiger partial charge in [-0.15, -0.1) is 0 Å². The van der Waals surface area contributed by atoms with Crippen molar-refractivity contribution in [3.05, 3.63) is 137 Å². The van der Waals surface area contributed by atoms with Gasteiger partial charge in [0.25, 0.3) is 0 Å². The molecule has 1 atom stereocenters. The molecule has 0 unspecified atom stereocenters. The highest BCUT2D eigenvalue weighted by Gasteiger charge is 2.42. The molecule has 4 aromatic carbocycles. The summed E-state index contributed by atoms with van der Waals surface area (Å²) in [6, 6.07) is 14.6. The fourth-order valence-electron chi connectivity index (χ4n) is 4.59. The minimum Gasteiger partial charge on any atom is -0.426 e. The lowest BCUT2D eigenvalue weighted by atomic mass is 9.85. The van der Waals surface area contributed by atoms with E-state index in [1.165, 1.54) is 42.5 Å². The number of esters is 2. The smallest absolute Gasteiger partial charge is 0.416 e. The molecule has 0 spiro atoms. The number of hydrogen-bond acceptors (Lipinski definition) is 4. The maximum Gasteiger partial charge on any atom is 0.416 e. The lowest BCUT2D eigenvalue weighted by molar-refractivity contribution is -0.154. The molecule has 0 aliphatic heterocycles. The molecule has 4 rings (SSSR count). The zero-order chi connectivity index (χ0) is 37.1. The Morgan fingerprint density at radius 1 is 0.500 bits per heavy atom. The molecular weight excluding hydrogens is 700 g/mol. The van der Waals surface area contributed by atoms with Crippen molar-refractivity contribution in [2.45, 2.75) is 30.6 Å². The van der Waals surface area contributed by atoms with Crippen LogP contribution in [0, 0.1) is 5.92 Å². The van der Waals surface area contributed by atoms with Crippen molar-refractivity contribution in [3.63, 3.8) is 0 Å². The minimum atomic E-state index is -5.37. The van der Waals surface area contributed by atoms with Gasteiger partial charge in [0.05, 0.1) is 22.3 Å². The first-order valence-electron chi connectivity index (χ1n) is 13.9. The Kier molecular flexibility index (Phi) is 10.7. The van der Waals surface area contributed by atoms with Crippen molar-refractivity contribution < 1.29 is 71.7 Å². The third-order valence-electron chi connectivity index (χ3n) is 6.91. The van der Waals surface area contributed by atoms with Crippen LogP contribution in [0.15, 0.2) is 103 Å². The summed E-state index contributed by atoms with van der Waals surface area (Å²) in [6.45, 7) is 0. The van der Waals surface area contributed by atoms with Gasteiger partial charge >= 0.3 is 36.6 Å². The van der Waals surface area contributed by atoms with Crippen LogP contribution >= 0.6 is 0 Å². The Hall–Kier alpha value is -5.28. The number of ether oxygens (including phenoxy) is 2. The molecule has 0 radical (unpaired) electrons. The Morgan fingerprint density at radius 2 is 0.840 bits per heavy atom. The van der Waals surface area contributed by atoms with Gasteiger partial charge < -0.3 is 9.47 Å². The van der Waals surface area contributed by atoms with Crippen LogP contribution in [-0.2, 0) is 34.3 Å². The van der Waals surface area contributed by atoms with E-state index in [-0.39, 0.29) is 42.0 Å². The van der Waals surface area contributed by atoms with Gasteiger partial charge in [-0.25, -0.2) is 0 Å². The third kappa shape index (κ3) is 9.66. The summed E-state index contributed by atoms with van der Waals surface area (Å²) in [5.74, 6) is -10.3. The molecule has 0 heterocycles. The summed E-state index contributed by atoms with van der Waals surface area (Å²) in [4.78, 5) is 27.3. The van der Waals surface area contributed by atoms with Crippen molar-refractivity contribution in [1.29, 1.82) is 0 Å². The molecule has 0 saturated carbocycles.